The molecule has 0 atom stereocenters. The minimum atomic E-state index is -0.165. The zero-order valence-corrected chi connectivity index (χ0v) is 15.6. The monoisotopic (exact) mass is 372 g/mol. The normalized spacial score (nSPS) is 20.2. The van der Waals surface area contributed by atoms with E-state index in [0.29, 0.717) is 18.0 Å². The van der Waals surface area contributed by atoms with E-state index in [1.165, 1.54) is 24.3 Å². The maximum atomic E-state index is 12.6. The van der Waals surface area contributed by atoms with Crippen LogP contribution >= 0.6 is 11.8 Å². The molecule has 7 heteroatoms. The summed E-state index contributed by atoms with van der Waals surface area (Å²) in [5, 5.41) is 7.06. The highest BCUT2D eigenvalue weighted by atomic mass is 32.2. The first-order chi connectivity index (χ1) is 12.8. The van der Waals surface area contributed by atoms with Gasteiger partial charge in [-0.3, -0.25) is 14.7 Å². The Morgan fingerprint density at radius 2 is 2.12 bits per heavy atom. The van der Waals surface area contributed by atoms with E-state index >= 15 is 0 Å². The quantitative estimate of drug-likeness (QED) is 0.870. The summed E-state index contributed by atoms with van der Waals surface area (Å²) in [6.07, 6.45) is 8.22. The van der Waals surface area contributed by atoms with Crippen molar-refractivity contribution in [2.45, 2.75) is 31.2 Å². The Morgan fingerprint density at radius 1 is 1.31 bits per heavy atom. The number of aromatic nitrogens is 2. The smallest absolute Gasteiger partial charge is 0.273 e. The topological polar surface area (TPSA) is 71.3 Å². The number of nitrogens with zero attached hydrogens (tertiary/aromatic N) is 3. The number of thioether (sulfide) groups is 1. The van der Waals surface area contributed by atoms with Gasteiger partial charge in [0.15, 0.2) is 11.5 Å². The number of pyridine rings is 1. The van der Waals surface area contributed by atoms with Crippen molar-refractivity contribution in [3.05, 3.63) is 36.3 Å². The third kappa shape index (κ3) is 3.64. The molecule has 2 aromatic rings. The van der Waals surface area contributed by atoms with Crippen LogP contribution in [0, 0.1) is 0 Å². The van der Waals surface area contributed by atoms with E-state index in [2.05, 4.69) is 20.4 Å². The average Bonchev–Trinajstić information content (AvgIpc) is 3.38. The number of carbonyl (C=O) groups is 1. The van der Waals surface area contributed by atoms with Gasteiger partial charge >= 0.3 is 0 Å². The standard InChI is InChI=1S/C19H24N4O2S/c24-18(16-12-17(25-22-16)15-4-3-7-20-13-15)21-14-19(5-1-2-6-19)23-8-10-26-11-9-23/h3-4,7,12-13H,1-2,5-6,8-11,14H2,(H,21,24). The second-order valence-corrected chi connectivity index (χ2v) is 8.26. The van der Waals surface area contributed by atoms with Crippen molar-refractivity contribution >= 4 is 17.7 Å². The minimum absolute atomic E-state index is 0.118. The van der Waals surface area contributed by atoms with E-state index in [4.69, 9.17) is 4.52 Å². The summed E-state index contributed by atoms with van der Waals surface area (Å²) in [5.74, 6) is 2.77. The fourth-order valence-corrected chi connectivity index (χ4v) is 4.94. The summed E-state index contributed by atoms with van der Waals surface area (Å²) in [6, 6.07) is 5.40. The van der Waals surface area contributed by atoms with Crippen LogP contribution in [0.5, 0.6) is 0 Å². The molecule has 1 N–H and O–H groups in total. The van der Waals surface area contributed by atoms with Crippen LogP contribution in [0.4, 0.5) is 0 Å². The molecule has 2 aromatic heterocycles. The molecule has 4 rings (SSSR count). The zero-order chi connectivity index (χ0) is 17.8. The summed E-state index contributed by atoms with van der Waals surface area (Å²) < 4.78 is 5.32. The third-order valence-corrected chi connectivity index (χ3v) is 6.43. The van der Waals surface area contributed by atoms with Crippen molar-refractivity contribution in [3.8, 4) is 11.3 Å². The van der Waals surface area contributed by atoms with Crippen LogP contribution in [0.1, 0.15) is 36.2 Å². The van der Waals surface area contributed by atoms with Crippen molar-refractivity contribution in [1.29, 1.82) is 0 Å². The fourth-order valence-electron chi connectivity index (χ4n) is 4.04. The first-order valence-electron chi connectivity index (χ1n) is 9.25. The summed E-state index contributed by atoms with van der Waals surface area (Å²) in [7, 11) is 0. The Hall–Kier alpha value is -1.86. The van der Waals surface area contributed by atoms with E-state index in [0.717, 1.165) is 31.5 Å². The predicted molar refractivity (Wildman–Crippen MR) is 102 cm³/mol. The second kappa shape index (κ2) is 7.80. The van der Waals surface area contributed by atoms with Crippen LogP contribution in [0.3, 0.4) is 0 Å². The van der Waals surface area contributed by atoms with E-state index in [1.54, 1.807) is 18.5 Å². The molecular weight excluding hydrogens is 348 g/mol. The molecule has 0 radical (unpaired) electrons. The van der Waals surface area contributed by atoms with Gasteiger partial charge in [0.2, 0.25) is 0 Å². The summed E-state index contributed by atoms with van der Waals surface area (Å²) in [4.78, 5) is 19.3. The lowest BCUT2D eigenvalue weighted by atomic mass is 9.94. The lowest BCUT2D eigenvalue weighted by molar-refractivity contribution is 0.0811. The molecule has 0 spiro atoms. The minimum Gasteiger partial charge on any atom is -0.355 e. The highest BCUT2D eigenvalue weighted by molar-refractivity contribution is 7.99. The van der Waals surface area contributed by atoms with E-state index in [9.17, 15) is 4.79 Å². The van der Waals surface area contributed by atoms with Crippen molar-refractivity contribution < 1.29 is 9.32 Å². The number of amides is 1. The van der Waals surface area contributed by atoms with Gasteiger partial charge in [0.1, 0.15) is 0 Å². The highest BCUT2D eigenvalue weighted by Crippen LogP contribution is 2.36. The summed E-state index contributed by atoms with van der Waals surface area (Å²) in [6.45, 7) is 2.93. The number of rotatable bonds is 5. The molecule has 2 aliphatic rings. The van der Waals surface area contributed by atoms with E-state index < -0.39 is 0 Å². The molecule has 6 nitrogen and oxygen atoms in total. The fraction of sp³-hybridized carbons (Fsp3) is 0.526. The number of nitrogens with one attached hydrogen (secondary N) is 1. The number of hydrogen-bond acceptors (Lipinski definition) is 6. The van der Waals surface area contributed by atoms with Gasteiger partial charge in [0.25, 0.3) is 5.91 Å². The molecular formula is C19H24N4O2S. The zero-order valence-electron chi connectivity index (χ0n) is 14.8. The van der Waals surface area contributed by atoms with Crippen molar-refractivity contribution in [2.24, 2.45) is 0 Å². The van der Waals surface area contributed by atoms with Gasteiger partial charge in [0, 0.05) is 60.7 Å². The van der Waals surface area contributed by atoms with Gasteiger partial charge < -0.3 is 9.84 Å². The highest BCUT2D eigenvalue weighted by Gasteiger charge is 2.40. The van der Waals surface area contributed by atoms with Gasteiger partial charge in [-0.1, -0.05) is 18.0 Å². The number of carbonyl (C=O) groups excluding carboxylic acids is 1. The average molecular weight is 372 g/mol. The summed E-state index contributed by atoms with van der Waals surface area (Å²) >= 11 is 2.02. The van der Waals surface area contributed by atoms with Crippen LogP contribution in [0.25, 0.3) is 11.3 Å². The molecule has 3 heterocycles. The molecule has 1 amide bonds. The third-order valence-electron chi connectivity index (χ3n) is 5.48. The lowest BCUT2D eigenvalue weighted by Gasteiger charge is -2.43. The van der Waals surface area contributed by atoms with Gasteiger partial charge in [0.05, 0.1) is 0 Å². The Balaban J connectivity index is 1.42. The molecule has 1 aliphatic heterocycles. The molecule has 1 saturated heterocycles. The maximum absolute atomic E-state index is 12.6. The SMILES string of the molecule is O=C(NCC1(N2CCSCC2)CCCC1)c1cc(-c2cccnc2)on1. The van der Waals surface area contributed by atoms with Gasteiger partial charge in [-0.2, -0.15) is 11.8 Å². The molecule has 0 unspecified atom stereocenters. The van der Waals surface area contributed by atoms with E-state index in [1.807, 2.05) is 23.9 Å². The second-order valence-electron chi connectivity index (χ2n) is 7.03. The van der Waals surface area contributed by atoms with Crippen molar-refractivity contribution in [3.63, 3.8) is 0 Å². The van der Waals surface area contributed by atoms with Crippen LogP contribution in [-0.4, -0.2) is 57.6 Å². The van der Waals surface area contributed by atoms with Crippen molar-refractivity contribution in [1.82, 2.24) is 20.4 Å². The van der Waals surface area contributed by atoms with Gasteiger partial charge in [-0.05, 0) is 25.0 Å². The molecule has 2 fully saturated rings. The Kier molecular flexibility index (Phi) is 5.26. The maximum Gasteiger partial charge on any atom is 0.273 e. The molecule has 138 valence electrons. The van der Waals surface area contributed by atoms with E-state index in [-0.39, 0.29) is 11.4 Å². The van der Waals surface area contributed by atoms with Crippen LogP contribution < -0.4 is 5.32 Å². The van der Waals surface area contributed by atoms with Crippen molar-refractivity contribution in [2.75, 3.05) is 31.1 Å². The molecule has 0 aromatic carbocycles. The molecule has 0 bridgehead atoms. The largest absolute Gasteiger partial charge is 0.355 e. The van der Waals surface area contributed by atoms with Gasteiger partial charge in [-0.25, -0.2) is 0 Å². The Bertz CT molecular complexity index is 737. The lowest BCUT2D eigenvalue weighted by Crippen LogP contribution is -2.56. The molecule has 1 saturated carbocycles. The first-order valence-corrected chi connectivity index (χ1v) is 10.4. The van der Waals surface area contributed by atoms with Crippen LogP contribution in [0.15, 0.2) is 35.1 Å². The Labute approximate surface area is 157 Å². The van der Waals surface area contributed by atoms with Gasteiger partial charge in [-0.15, -0.1) is 0 Å². The van der Waals surface area contributed by atoms with Crippen LogP contribution in [0.2, 0.25) is 0 Å². The van der Waals surface area contributed by atoms with Crippen LogP contribution in [-0.2, 0) is 0 Å². The first kappa shape index (κ1) is 17.5. The Morgan fingerprint density at radius 3 is 2.85 bits per heavy atom. The molecule has 1 aliphatic carbocycles. The number of hydrogen-bond donors (Lipinski definition) is 1. The predicted octanol–water partition coefficient (Wildman–Crippen LogP) is 2.83. The summed E-state index contributed by atoms with van der Waals surface area (Å²) in [5.41, 5.74) is 1.26. The molecule has 26 heavy (non-hydrogen) atoms.